The highest BCUT2D eigenvalue weighted by molar-refractivity contribution is 5.77. The van der Waals surface area contributed by atoms with Gasteiger partial charge >= 0.3 is 0 Å². The molecule has 1 aliphatic rings. The van der Waals surface area contributed by atoms with Crippen molar-refractivity contribution in [3.8, 4) is 0 Å². The normalized spacial score (nSPS) is 22.0. The zero-order valence-corrected chi connectivity index (χ0v) is 19.6. The molecule has 0 bridgehead atoms. The zero-order valence-electron chi connectivity index (χ0n) is 19.6. The lowest BCUT2D eigenvalue weighted by atomic mass is 9.92. The number of carbonyl (C=O) groups excluding carboxylic acids is 1. The molecule has 29 heavy (non-hydrogen) atoms. The van der Waals surface area contributed by atoms with Gasteiger partial charge in [0.15, 0.2) is 0 Å². The molecular formula is C24H47NO4. The molecule has 1 aliphatic carbocycles. The van der Waals surface area contributed by atoms with E-state index in [9.17, 15) is 4.79 Å². The maximum Gasteiger partial charge on any atom is 0.248 e. The Kier molecular flexibility index (Phi) is 15.5. The Hall–Kier alpha value is -0.650. The molecule has 2 atom stereocenters. The summed E-state index contributed by atoms with van der Waals surface area (Å²) in [4.78, 5) is 14.7. The molecule has 1 amide bonds. The maximum atomic E-state index is 12.7. The summed E-state index contributed by atoms with van der Waals surface area (Å²) in [7, 11) is 0. The monoisotopic (exact) mass is 413 g/mol. The second-order valence-electron chi connectivity index (χ2n) is 8.42. The molecule has 0 spiro atoms. The molecule has 0 aromatic heterocycles. The van der Waals surface area contributed by atoms with Crippen LogP contribution in [0.5, 0.6) is 0 Å². The van der Waals surface area contributed by atoms with Crippen LogP contribution in [0.25, 0.3) is 0 Å². The van der Waals surface area contributed by atoms with Crippen LogP contribution >= 0.6 is 0 Å². The molecule has 1 saturated carbocycles. The van der Waals surface area contributed by atoms with E-state index >= 15 is 0 Å². The molecule has 1 fully saturated rings. The summed E-state index contributed by atoms with van der Waals surface area (Å²) < 4.78 is 18.3. The Balaban J connectivity index is 2.54. The van der Waals surface area contributed by atoms with Crippen molar-refractivity contribution in [2.45, 2.75) is 117 Å². The Morgan fingerprint density at radius 3 is 1.52 bits per heavy atom. The van der Waals surface area contributed by atoms with Crippen LogP contribution in [0.3, 0.4) is 0 Å². The van der Waals surface area contributed by atoms with E-state index in [4.69, 9.17) is 14.2 Å². The van der Waals surface area contributed by atoms with Gasteiger partial charge in [0.25, 0.3) is 0 Å². The smallest absolute Gasteiger partial charge is 0.248 e. The first-order valence-corrected chi connectivity index (χ1v) is 12.3. The van der Waals surface area contributed by atoms with E-state index in [1.165, 1.54) is 0 Å². The minimum absolute atomic E-state index is 0.0464. The summed E-state index contributed by atoms with van der Waals surface area (Å²) in [5, 5.41) is 0. The summed E-state index contributed by atoms with van der Waals surface area (Å²) in [6.45, 7) is 12.2. The van der Waals surface area contributed by atoms with Gasteiger partial charge in [0, 0.05) is 26.3 Å². The first-order valence-electron chi connectivity index (χ1n) is 12.3. The van der Waals surface area contributed by atoms with Crippen LogP contribution in [0.4, 0.5) is 0 Å². The summed E-state index contributed by atoms with van der Waals surface area (Å²) in [5.74, 6) is 0.129. The van der Waals surface area contributed by atoms with Crippen molar-refractivity contribution in [1.29, 1.82) is 0 Å². The van der Waals surface area contributed by atoms with Gasteiger partial charge in [0.05, 0.1) is 18.3 Å². The van der Waals surface area contributed by atoms with Crippen molar-refractivity contribution in [2.24, 2.45) is 0 Å². The van der Waals surface area contributed by atoms with E-state index in [1.54, 1.807) is 0 Å². The van der Waals surface area contributed by atoms with Crippen LogP contribution in [-0.2, 0) is 19.0 Å². The fourth-order valence-electron chi connectivity index (χ4n) is 3.70. The Morgan fingerprint density at radius 2 is 1.10 bits per heavy atom. The van der Waals surface area contributed by atoms with Crippen LogP contribution in [0.1, 0.15) is 98.3 Å². The average Bonchev–Trinajstić information content (AvgIpc) is 2.72. The van der Waals surface area contributed by atoms with Gasteiger partial charge in [0.2, 0.25) is 5.91 Å². The van der Waals surface area contributed by atoms with Crippen LogP contribution in [0, 0.1) is 0 Å². The second-order valence-corrected chi connectivity index (χ2v) is 8.42. The second kappa shape index (κ2) is 17.1. The van der Waals surface area contributed by atoms with Crippen molar-refractivity contribution >= 4 is 5.91 Å². The van der Waals surface area contributed by atoms with Gasteiger partial charge in [0.1, 0.15) is 6.61 Å². The molecule has 0 heterocycles. The lowest BCUT2D eigenvalue weighted by Gasteiger charge is -2.35. The molecule has 0 N–H and O–H groups in total. The van der Waals surface area contributed by atoms with Crippen LogP contribution < -0.4 is 0 Å². The molecule has 0 aliphatic heterocycles. The van der Waals surface area contributed by atoms with E-state index in [1.807, 2.05) is 4.90 Å². The van der Waals surface area contributed by atoms with Crippen molar-refractivity contribution < 1.29 is 19.0 Å². The molecule has 2 unspecified atom stereocenters. The number of amides is 1. The van der Waals surface area contributed by atoms with Crippen molar-refractivity contribution in [1.82, 2.24) is 4.90 Å². The van der Waals surface area contributed by atoms with Gasteiger partial charge in [-0.3, -0.25) is 4.79 Å². The van der Waals surface area contributed by atoms with E-state index in [0.29, 0.717) is 0 Å². The number of hydrogen-bond donors (Lipinski definition) is 0. The van der Waals surface area contributed by atoms with Crippen molar-refractivity contribution in [3.05, 3.63) is 0 Å². The molecule has 5 heteroatoms. The van der Waals surface area contributed by atoms with E-state index in [0.717, 1.165) is 96.9 Å². The van der Waals surface area contributed by atoms with Gasteiger partial charge in [-0.05, 0) is 44.9 Å². The Labute approximate surface area is 179 Å². The van der Waals surface area contributed by atoms with Crippen molar-refractivity contribution in [3.63, 3.8) is 0 Å². The minimum Gasteiger partial charge on any atom is -0.378 e. The predicted molar refractivity (Wildman–Crippen MR) is 119 cm³/mol. The minimum atomic E-state index is 0.0464. The Morgan fingerprint density at radius 1 is 0.690 bits per heavy atom. The molecular weight excluding hydrogens is 366 g/mol. The largest absolute Gasteiger partial charge is 0.378 e. The number of rotatable bonds is 17. The lowest BCUT2D eigenvalue weighted by molar-refractivity contribution is -0.144. The molecule has 0 saturated heterocycles. The third kappa shape index (κ3) is 12.0. The number of ether oxygens (including phenoxy) is 3. The topological polar surface area (TPSA) is 48.0 Å². The fourth-order valence-corrected chi connectivity index (χ4v) is 3.70. The predicted octanol–water partition coefficient (Wildman–Crippen LogP) is 5.35. The third-order valence-electron chi connectivity index (χ3n) is 5.64. The first kappa shape index (κ1) is 26.4. The standard InChI is InChI=1S/C24H47NO4/c1-5-9-13-25(14-10-6-2)24(26)20-29-23-18-21(27-15-11-7-3)17-22(19-23)28-16-12-8-4/h21-23H,5-20H2,1-4H3. The highest BCUT2D eigenvalue weighted by Gasteiger charge is 2.31. The molecule has 1 rings (SSSR count). The first-order chi connectivity index (χ1) is 14.1. The number of nitrogens with zero attached hydrogens (tertiary/aromatic N) is 1. The summed E-state index contributed by atoms with van der Waals surface area (Å²) in [6.07, 6.45) is 11.9. The van der Waals surface area contributed by atoms with Gasteiger partial charge in [-0.25, -0.2) is 0 Å². The lowest BCUT2D eigenvalue weighted by Crippen LogP contribution is -2.41. The van der Waals surface area contributed by atoms with Gasteiger partial charge < -0.3 is 19.1 Å². The van der Waals surface area contributed by atoms with E-state index < -0.39 is 0 Å². The Bertz CT molecular complexity index is 378. The number of unbranched alkanes of at least 4 members (excludes halogenated alkanes) is 4. The average molecular weight is 414 g/mol. The summed E-state index contributed by atoms with van der Waals surface area (Å²) >= 11 is 0. The van der Waals surface area contributed by atoms with Gasteiger partial charge in [-0.1, -0.05) is 53.4 Å². The highest BCUT2D eigenvalue weighted by Crippen LogP contribution is 2.27. The molecule has 0 radical (unpaired) electrons. The van der Waals surface area contributed by atoms with Crippen LogP contribution in [0.2, 0.25) is 0 Å². The molecule has 172 valence electrons. The number of carbonyl (C=O) groups is 1. The van der Waals surface area contributed by atoms with Crippen LogP contribution in [0.15, 0.2) is 0 Å². The molecule has 0 aromatic rings. The third-order valence-corrected chi connectivity index (χ3v) is 5.64. The van der Waals surface area contributed by atoms with Crippen LogP contribution in [-0.4, -0.2) is 62.0 Å². The maximum absolute atomic E-state index is 12.7. The molecule has 5 nitrogen and oxygen atoms in total. The van der Waals surface area contributed by atoms with Crippen molar-refractivity contribution in [2.75, 3.05) is 32.9 Å². The van der Waals surface area contributed by atoms with E-state index in [2.05, 4.69) is 27.7 Å². The zero-order chi connectivity index (χ0) is 21.3. The summed E-state index contributed by atoms with van der Waals surface area (Å²) in [6, 6.07) is 0. The van der Waals surface area contributed by atoms with Gasteiger partial charge in [-0.15, -0.1) is 0 Å². The van der Waals surface area contributed by atoms with Gasteiger partial charge in [-0.2, -0.15) is 0 Å². The van der Waals surface area contributed by atoms with E-state index in [-0.39, 0.29) is 30.8 Å². The quantitative estimate of drug-likeness (QED) is 0.301. The highest BCUT2D eigenvalue weighted by atomic mass is 16.5. The fraction of sp³-hybridized carbons (Fsp3) is 0.958. The number of hydrogen-bond acceptors (Lipinski definition) is 4. The SMILES string of the molecule is CCCCOC1CC(OCCCC)CC(OCC(=O)N(CCCC)CCCC)C1. The summed E-state index contributed by atoms with van der Waals surface area (Å²) in [5.41, 5.74) is 0. The molecule has 0 aromatic carbocycles.